The zero-order chi connectivity index (χ0) is 11.8. The van der Waals surface area contributed by atoms with Gasteiger partial charge >= 0.3 is 6.18 Å². The third-order valence-electron chi connectivity index (χ3n) is 2.23. The van der Waals surface area contributed by atoms with E-state index < -0.39 is 11.7 Å². The van der Waals surface area contributed by atoms with Crippen LogP contribution in [0, 0.1) is 0 Å². The van der Waals surface area contributed by atoms with E-state index in [0.29, 0.717) is 16.7 Å². The number of rotatable bonds is 1. The van der Waals surface area contributed by atoms with Crippen molar-refractivity contribution in [3.8, 4) is 5.88 Å². The molecule has 1 aromatic carbocycles. The molecule has 0 aliphatic rings. The average Bonchev–Trinajstić information content (AvgIpc) is 2.26. The lowest BCUT2D eigenvalue weighted by molar-refractivity contribution is -0.137. The fraction of sp³-hybridized carbons (Fsp3) is 0.182. The number of halogens is 3. The lowest BCUT2D eigenvalue weighted by Crippen LogP contribution is -2.04. The summed E-state index contributed by atoms with van der Waals surface area (Å²) in [6.45, 7) is 0. The Balaban J connectivity index is 2.56. The highest BCUT2D eigenvalue weighted by Gasteiger charge is 2.30. The largest absolute Gasteiger partial charge is 0.481 e. The first kappa shape index (κ1) is 10.7. The van der Waals surface area contributed by atoms with E-state index in [1.165, 1.54) is 19.4 Å². The average molecular weight is 227 g/mol. The van der Waals surface area contributed by atoms with E-state index >= 15 is 0 Å². The van der Waals surface area contributed by atoms with Crippen molar-refractivity contribution in [1.82, 2.24) is 4.98 Å². The molecule has 0 atom stereocenters. The first-order valence-corrected chi connectivity index (χ1v) is 4.52. The molecule has 5 heteroatoms. The van der Waals surface area contributed by atoms with E-state index in [9.17, 15) is 13.2 Å². The van der Waals surface area contributed by atoms with Gasteiger partial charge in [0.05, 0.1) is 12.7 Å². The van der Waals surface area contributed by atoms with Crippen LogP contribution in [0.5, 0.6) is 5.88 Å². The van der Waals surface area contributed by atoms with Crippen molar-refractivity contribution in [2.45, 2.75) is 6.18 Å². The lowest BCUT2D eigenvalue weighted by Gasteiger charge is -2.07. The summed E-state index contributed by atoms with van der Waals surface area (Å²) in [6, 6.07) is 5.11. The summed E-state index contributed by atoms with van der Waals surface area (Å²) in [5.41, 5.74) is -0.674. The molecule has 0 saturated carbocycles. The van der Waals surface area contributed by atoms with Crippen LogP contribution in [-0.2, 0) is 6.18 Å². The third kappa shape index (κ3) is 1.93. The number of methoxy groups -OCH3 is 1. The zero-order valence-corrected chi connectivity index (χ0v) is 8.38. The molecular formula is C11H8F3NO. The molecule has 2 rings (SSSR count). The molecule has 0 aliphatic heterocycles. The number of ether oxygens (including phenoxy) is 1. The first-order valence-electron chi connectivity index (χ1n) is 4.52. The van der Waals surface area contributed by atoms with Crippen molar-refractivity contribution in [3.63, 3.8) is 0 Å². The van der Waals surface area contributed by atoms with Crippen LogP contribution in [0.3, 0.4) is 0 Å². The van der Waals surface area contributed by atoms with Crippen molar-refractivity contribution in [1.29, 1.82) is 0 Å². The van der Waals surface area contributed by atoms with Gasteiger partial charge < -0.3 is 4.74 Å². The number of benzene rings is 1. The Bertz CT molecular complexity index is 522. The lowest BCUT2D eigenvalue weighted by atomic mass is 10.1. The van der Waals surface area contributed by atoms with E-state index in [1.807, 2.05) is 0 Å². The number of alkyl halides is 3. The first-order chi connectivity index (χ1) is 7.50. The number of aromatic nitrogens is 1. The molecule has 0 N–H and O–H groups in total. The molecule has 84 valence electrons. The number of pyridine rings is 1. The molecule has 1 heterocycles. The van der Waals surface area contributed by atoms with Crippen molar-refractivity contribution in [2.24, 2.45) is 0 Å². The maximum Gasteiger partial charge on any atom is 0.416 e. The molecular weight excluding hydrogens is 219 g/mol. The predicted molar refractivity (Wildman–Crippen MR) is 53.3 cm³/mol. The molecule has 16 heavy (non-hydrogen) atoms. The Morgan fingerprint density at radius 1 is 1.12 bits per heavy atom. The standard InChI is InChI=1S/C11H8F3NO/c1-16-10-5-7-2-3-9(11(12,13)14)4-8(7)6-15-10/h2-6H,1H3. The van der Waals surface area contributed by atoms with Gasteiger partial charge in [0.1, 0.15) is 0 Å². The van der Waals surface area contributed by atoms with E-state index in [2.05, 4.69) is 4.98 Å². The van der Waals surface area contributed by atoms with Crippen molar-refractivity contribution < 1.29 is 17.9 Å². The summed E-state index contributed by atoms with van der Waals surface area (Å²) in [4.78, 5) is 3.86. The molecule has 2 nitrogen and oxygen atoms in total. The SMILES string of the molecule is COc1cc2ccc(C(F)(F)F)cc2cn1. The maximum absolute atomic E-state index is 12.4. The topological polar surface area (TPSA) is 22.1 Å². The number of hydrogen-bond acceptors (Lipinski definition) is 2. The Labute approximate surface area is 89.7 Å². The molecule has 0 amide bonds. The summed E-state index contributed by atoms with van der Waals surface area (Å²) in [7, 11) is 1.46. The quantitative estimate of drug-likeness (QED) is 0.745. The van der Waals surface area contributed by atoms with Crippen LogP contribution in [0.2, 0.25) is 0 Å². The van der Waals surface area contributed by atoms with Crippen LogP contribution in [0.15, 0.2) is 30.5 Å². The van der Waals surface area contributed by atoms with Gasteiger partial charge in [-0.05, 0) is 17.5 Å². The summed E-state index contributed by atoms with van der Waals surface area (Å²) in [6.07, 6.45) is -2.96. The summed E-state index contributed by atoms with van der Waals surface area (Å²) in [5, 5.41) is 1.11. The third-order valence-corrected chi connectivity index (χ3v) is 2.23. The van der Waals surface area contributed by atoms with Crippen LogP contribution >= 0.6 is 0 Å². The number of fused-ring (bicyclic) bond motifs is 1. The molecule has 2 aromatic rings. The van der Waals surface area contributed by atoms with Gasteiger partial charge in [0.25, 0.3) is 0 Å². The van der Waals surface area contributed by atoms with Crippen LogP contribution in [0.25, 0.3) is 10.8 Å². The molecule has 0 unspecified atom stereocenters. The second-order valence-corrected chi connectivity index (χ2v) is 3.29. The van der Waals surface area contributed by atoms with Gasteiger partial charge in [-0.3, -0.25) is 0 Å². The Hall–Kier alpha value is -1.78. The second kappa shape index (κ2) is 3.66. The van der Waals surface area contributed by atoms with Gasteiger partial charge in [-0.15, -0.1) is 0 Å². The van der Waals surface area contributed by atoms with Gasteiger partial charge in [0.2, 0.25) is 5.88 Å². The van der Waals surface area contributed by atoms with Crippen molar-refractivity contribution in [2.75, 3.05) is 7.11 Å². The van der Waals surface area contributed by atoms with Gasteiger partial charge in [0.15, 0.2) is 0 Å². The normalized spacial score (nSPS) is 11.8. The summed E-state index contributed by atoms with van der Waals surface area (Å²) in [5.74, 6) is 0.382. The van der Waals surface area contributed by atoms with Crippen molar-refractivity contribution >= 4 is 10.8 Å². The van der Waals surface area contributed by atoms with Crippen molar-refractivity contribution in [3.05, 3.63) is 36.0 Å². The minimum atomic E-state index is -4.33. The zero-order valence-electron chi connectivity index (χ0n) is 8.38. The van der Waals surface area contributed by atoms with E-state index in [0.717, 1.165) is 12.1 Å². The van der Waals surface area contributed by atoms with Gasteiger partial charge in [0, 0.05) is 17.6 Å². The molecule has 0 fully saturated rings. The molecule has 0 aliphatic carbocycles. The highest BCUT2D eigenvalue weighted by molar-refractivity contribution is 5.83. The highest BCUT2D eigenvalue weighted by atomic mass is 19.4. The smallest absolute Gasteiger partial charge is 0.416 e. The highest BCUT2D eigenvalue weighted by Crippen LogP contribution is 2.31. The fourth-order valence-electron chi connectivity index (χ4n) is 1.41. The van der Waals surface area contributed by atoms with E-state index in [-0.39, 0.29) is 0 Å². The van der Waals surface area contributed by atoms with E-state index in [4.69, 9.17) is 4.74 Å². The van der Waals surface area contributed by atoms with E-state index in [1.54, 1.807) is 6.07 Å². The number of hydrogen-bond donors (Lipinski definition) is 0. The minimum Gasteiger partial charge on any atom is -0.481 e. The monoisotopic (exact) mass is 227 g/mol. The molecule has 1 aromatic heterocycles. The molecule has 0 spiro atoms. The minimum absolute atomic E-state index is 0.382. The van der Waals surface area contributed by atoms with Gasteiger partial charge in [-0.2, -0.15) is 13.2 Å². The number of nitrogens with zero attached hydrogens (tertiary/aromatic N) is 1. The molecule has 0 saturated heterocycles. The predicted octanol–water partition coefficient (Wildman–Crippen LogP) is 3.26. The van der Waals surface area contributed by atoms with Crippen LogP contribution < -0.4 is 4.74 Å². The molecule has 0 bridgehead atoms. The van der Waals surface area contributed by atoms with Gasteiger partial charge in [-0.25, -0.2) is 4.98 Å². The van der Waals surface area contributed by atoms with Crippen LogP contribution in [0.4, 0.5) is 13.2 Å². The Kier molecular flexibility index (Phi) is 2.46. The summed E-state index contributed by atoms with van der Waals surface area (Å²) >= 11 is 0. The fourth-order valence-corrected chi connectivity index (χ4v) is 1.41. The Morgan fingerprint density at radius 2 is 1.88 bits per heavy atom. The maximum atomic E-state index is 12.4. The van der Waals surface area contributed by atoms with Crippen LogP contribution in [-0.4, -0.2) is 12.1 Å². The molecule has 0 radical (unpaired) electrons. The Morgan fingerprint density at radius 3 is 2.50 bits per heavy atom. The second-order valence-electron chi connectivity index (χ2n) is 3.29. The van der Waals surface area contributed by atoms with Crippen LogP contribution in [0.1, 0.15) is 5.56 Å². The summed E-state index contributed by atoms with van der Waals surface area (Å²) < 4.78 is 42.1. The van der Waals surface area contributed by atoms with Gasteiger partial charge in [-0.1, -0.05) is 6.07 Å².